The molecule has 0 amide bonds. The molecule has 1 aromatic heterocycles. The third kappa shape index (κ3) is 3.49. The number of hydrogen-bond acceptors (Lipinski definition) is 6. The molecule has 7 heteroatoms. The Hall–Kier alpha value is -1.99. The van der Waals surface area contributed by atoms with E-state index < -0.39 is 4.92 Å². The summed E-state index contributed by atoms with van der Waals surface area (Å²) < 4.78 is 5.13. The number of benzene rings is 1. The first kappa shape index (κ1) is 13.4. The van der Waals surface area contributed by atoms with Crippen LogP contribution in [0.15, 0.2) is 30.5 Å². The molecule has 0 saturated heterocycles. The molecule has 2 aromatic rings. The molecule has 2 rings (SSSR count). The Kier molecular flexibility index (Phi) is 4.43. The fourth-order valence-electron chi connectivity index (χ4n) is 1.63. The first-order chi connectivity index (χ1) is 9.20. The van der Waals surface area contributed by atoms with Crippen molar-refractivity contribution in [2.75, 3.05) is 12.4 Å². The first-order valence-electron chi connectivity index (χ1n) is 5.60. The zero-order chi connectivity index (χ0) is 13.7. The number of nitro groups is 1. The molecule has 1 heterocycles. The first-order valence-corrected chi connectivity index (χ1v) is 6.42. The Labute approximate surface area is 114 Å². The molecule has 0 aliphatic heterocycles. The van der Waals surface area contributed by atoms with Gasteiger partial charge in [-0.05, 0) is 22.5 Å². The Bertz CT molecular complexity index is 571. The van der Waals surface area contributed by atoms with E-state index in [1.807, 2.05) is 24.3 Å². The summed E-state index contributed by atoms with van der Waals surface area (Å²) in [5.74, 6) is 0. The van der Waals surface area contributed by atoms with Gasteiger partial charge in [0.15, 0.2) is 5.13 Å². The van der Waals surface area contributed by atoms with E-state index in [0.717, 1.165) is 22.5 Å². The van der Waals surface area contributed by atoms with E-state index in [1.54, 1.807) is 7.11 Å². The number of nitrogens with zero attached hydrogens (tertiary/aromatic N) is 2. The summed E-state index contributed by atoms with van der Waals surface area (Å²) in [5, 5.41) is 14.2. The summed E-state index contributed by atoms with van der Waals surface area (Å²) in [7, 11) is 1.65. The summed E-state index contributed by atoms with van der Waals surface area (Å²) in [6.07, 6.45) is 1.26. The normalized spacial score (nSPS) is 10.4. The maximum absolute atomic E-state index is 10.6. The van der Waals surface area contributed by atoms with E-state index in [1.165, 1.54) is 6.20 Å². The van der Waals surface area contributed by atoms with Gasteiger partial charge in [0.25, 0.3) is 0 Å². The molecular formula is C12H13N3O3S. The van der Waals surface area contributed by atoms with Gasteiger partial charge in [0.05, 0.1) is 11.5 Å². The van der Waals surface area contributed by atoms with Crippen molar-refractivity contribution in [2.45, 2.75) is 13.2 Å². The topological polar surface area (TPSA) is 77.3 Å². The third-order valence-electron chi connectivity index (χ3n) is 2.52. The highest BCUT2D eigenvalue weighted by Crippen LogP contribution is 2.25. The molecule has 1 aromatic carbocycles. The highest BCUT2D eigenvalue weighted by molar-refractivity contribution is 7.18. The molecule has 6 nitrogen and oxygen atoms in total. The molecule has 0 fully saturated rings. The van der Waals surface area contributed by atoms with Crippen molar-refractivity contribution in [1.29, 1.82) is 0 Å². The summed E-state index contributed by atoms with van der Waals surface area (Å²) in [6.45, 7) is 1.10. The minimum absolute atomic E-state index is 0.0349. The lowest BCUT2D eigenvalue weighted by Gasteiger charge is -2.08. The van der Waals surface area contributed by atoms with Crippen LogP contribution >= 0.6 is 11.3 Å². The fraction of sp³-hybridized carbons (Fsp3) is 0.250. The highest BCUT2D eigenvalue weighted by Gasteiger charge is 2.11. The van der Waals surface area contributed by atoms with Gasteiger partial charge in [0.2, 0.25) is 0 Å². The van der Waals surface area contributed by atoms with Crippen molar-refractivity contribution in [1.82, 2.24) is 4.98 Å². The summed E-state index contributed by atoms with van der Waals surface area (Å²) >= 11 is 1.03. The van der Waals surface area contributed by atoms with Gasteiger partial charge in [-0.25, -0.2) is 4.98 Å². The van der Waals surface area contributed by atoms with Gasteiger partial charge < -0.3 is 10.1 Å². The van der Waals surface area contributed by atoms with Crippen molar-refractivity contribution >= 4 is 21.5 Å². The molecule has 100 valence electrons. The molecule has 0 radical (unpaired) electrons. The molecule has 0 aliphatic rings. The highest BCUT2D eigenvalue weighted by atomic mass is 32.1. The Morgan fingerprint density at radius 2 is 2.16 bits per heavy atom. The number of thiazole rings is 1. The second-order valence-electron chi connectivity index (χ2n) is 3.82. The number of rotatable bonds is 6. The van der Waals surface area contributed by atoms with Gasteiger partial charge in [-0.1, -0.05) is 24.3 Å². The van der Waals surface area contributed by atoms with Crippen LogP contribution in [0.3, 0.4) is 0 Å². The van der Waals surface area contributed by atoms with Crippen LogP contribution < -0.4 is 5.32 Å². The largest absolute Gasteiger partial charge is 0.380 e. The maximum Gasteiger partial charge on any atom is 0.345 e. The zero-order valence-corrected chi connectivity index (χ0v) is 11.1. The van der Waals surface area contributed by atoms with Crippen LogP contribution in [0.4, 0.5) is 10.1 Å². The minimum atomic E-state index is -0.443. The number of hydrogen-bond donors (Lipinski definition) is 1. The van der Waals surface area contributed by atoms with Gasteiger partial charge in [-0.2, -0.15) is 0 Å². The van der Waals surface area contributed by atoms with Crippen LogP contribution in [0.5, 0.6) is 0 Å². The van der Waals surface area contributed by atoms with E-state index >= 15 is 0 Å². The molecule has 1 N–H and O–H groups in total. The number of anilines is 1. The summed E-state index contributed by atoms with van der Waals surface area (Å²) in [4.78, 5) is 14.1. The number of ether oxygens (including phenoxy) is 1. The molecule has 0 aliphatic carbocycles. The molecule has 0 atom stereocenters. The average Bonchev–Trinajstić information content (AvgIpc) is 2.87. The van der Waals surface area contributed by atoms with Gasteiger partial charge in [0, 0.05) is 13.7 Å². The number of methoxy groups -OCH3 is 1. The zero-order valence-electron chi connectivity index (χ0n) is 10.3. The lowest BCUT2D eigenvalue weighted by atomic mass is 10.1. The molecule has 0 saturated carbocycles. The maximum atomic E-state index is 10.6. The molecule has 0 unspecified atom stereocenters. The Morgan fingerprint density at radius 3 is 2.79 bits per heavy atom. The van der Waals surface area contributed by atoms with Crippen LogP contribution in [0.2, 0.25) is 0 Å². The number of aromatic nitrogens is 1. The second kappa shape index (κ2) is 6.26. The van der Waals surface area contributed by atoms with Crippen molar-refractivity contribution in [3.05, 3.63) is 51.7 Å². The van der Waals surface area contributed by atoms with Gasteiger partial charge in [0.1, 0.15) is 6.20 Å². The Morgan fingerprint density at radius 1 is 1.42 bits per heavy atom. The quantitative estimate of drug-likeness (QED) is 0.650. The average molecular weight is 279 g/mol. The van der Waals surface area contributed by atoms with E-state index in [-0.39, 0.29) is 5.00 Å². The van der Waals surface area contributed by atoms with E-state index in [2.05, 4.69) is 10.3 Å². The van der Waals surface area contributed by atoms with Crippen LogP contribution in [0.25, 0.3) is 0 Å². The Balaban J connectivity index is 2.03. The third-order valence-corrected chi connectivity index (χ3v) is 3.43. The van der Waals surface area contributed by atoms with E-state index in [4.69, 9.17) is 4.74 Å². The second-order valence-corrected chi connectivity index (χ2v) is 4.83. The van der Waals surface area contributed by atoms with Gasteiger partial charge in [-0.3, -0.25) is 10.1 Å². The number of nitrogens with one attached hydrogen (secondary N) is 1. The summed E-state index contributed by atoms with van der Waals surface area (Å²) in [6, 6.07) is 7.88. The molecule has 0 spiro atoms. The van der Waals surface area contributed by atoms with Gasteiger partial charge in [-0.15, -0.1) is 0 Å². The van der Waals surface area contributed by atoms with Crippen LogP contribution in [-0.2, 0) is 17.9 Å². The summed E-state index contributed by atoms with van der Waals surface area (Å²) in [5.41, 5.74) is 2.17. The molecule has 19 heavy (non-hydrogen) atoms. The minimum Gasteiger partial charge on any atom is -0.380 e. The lowest BCUT2D eigenvalue weighted by molar-refractivity contribution is -0.380. The van der Waals surface area contributed by atoms with Crippen molar-refractivity contribution in [3.8, 4) is 0 Å². The van der Waals surface area contributed by atoms with Crippen molar-refractivity contribution < 1.29 is 9.66 Å². The van der Waals surface area contributed by atoms with Crippen LogP contribution in [0, 0.1) is 10.1 Å². The molecule has 0 bridgehead atoms. The standard InChI is InChI=1S/C12H13N3O3S/c1-18-8-10-5-3-2-4-9(10)6-13-12-14-7-11(19-12)15(16)17/h2-5,7H,6,8H2,1H3,(H,13,14). The monoisotopic (exact) mass is 279 g/mol. The predicted molar refractivity (Wildman–Crippen MR) is 73.3 cm³/mol. The predicted octanol–water partition coefficient (Wildman–Crippen LogP) is 2.81. The van der Waals surface area contributed by atoms with E-state index in [9.17, 15) is 10.1 Å². The lowest BCUT2D eigenvalue weighted by Crippen LogP contribution is -2.03. The van der Waals surface area contributed by atoms with Crippen LogP contribution in [0.1, 0.15) is 11.1 Å². The fourth-order valence-corrected chi connectivity index (χ4v) is 2.26. The van der Waals surface area contributed by atoms with Crippen LogP contribution in [-0.4, -0.2) is 17.0 Å². The van der Waals surface area contributed by atoms with Crippen molar-refractivity contribution in [3.63, 3.8) is 0 Å². The SMILES string of the molecule is COCc1ccccc1CNc1ncc([N+](=O)[O-])s1. The van der Waals surface area contributed by atoms with Gasteiger partial charge >= 0.3 is 5.00 Å². The van der Waals surface area contributed by atoms with E-state index in [0.29, 0.717) is 18.3 Å². The smallest absolute Gasteiger partial charge is 0.345 e. The van der Waals surface area contributed by atoms with Crippen molar-refractivity contribution in [2.24, 2.45) is 0 Å². The molecular weight excluding hydrogens is 266 g/mol.